The zero-order chi connectivity index (χ0) is 11.3. The van der Waals surface area contributed by atoms with Crippen molar-refractivity contribution in [3.05, 3.63) is 34.9 Å². The van der Waals surface area contributed by atoms with Gasteiger partial charge in [-0.1, -0.05) is 29.8 Å². The maximum Gasteiger partial charge on any atom is 0.0895 e. The van der Waals surface area contributed by atoms with Gasteiger partial charge in [-0.2, -0.15) is 0 Å². The average molecular weight is 230 g/mol. The molecule has 0 spiro atoms. The standard InChI is InChI=1S/C11H16ClNO2/c1-8(13-6-9(15)7-14)10-4-2-3-5-11(10)12/h2-5,8-9,13-15H,6-7H2,1H3/t8-,9-/m0/s1. The third-order valence-electron chi connectivity index (χ3n) is 2.24. The van der Waals surface area contributed by atoms with Gasteiger partial charge in [-0.05, 0) is 18.6 Å². The molecule has 1 aromatic carbocycles. The Kier molecular flexibility index (Phi) is 5.05. The van der Waals surface area contributed by atoms with E-state index in [2.05, 4.69) is 5.32 Å². The van der Waals surface area contributed by atoms with Crippen LogP contribution in [0, 0.1) is 0 Å². The predicted molar refractivity (Wildman–Crippen MR) is 61.0 cm³/mol. The molecule has 15 heavy (non-hydrogen) atoms. The van der Waals surface area contributed by atoms with E-state index in [0.29, 0.717) is 11.6 Å². The Labute approximate surface area is 94.7 Å². The number of hydrogen-bond acceptors (Lipinski definition) is 3. The number of rotatable bonds is 5. The molecule has 0 aromatic heterocycles. The van der Waals surface area contributed by atoms with Gasteiger partial charge in [0, 0.05) is 17.6 Å². The first-order valence-electron chi connectivity index (χ1n) is 4.92. The minimum atomic E-state index is -0.727. The van der Waals surface area contributed by atoms with E-state index in [1.54, 1.807) is 0 Å². The summed E-state index contributed by atoms with van der Waals surface area (Å²) in [6.45, 7) is 2.08. The van der Waals surface area contributed by atoms with Crippen molar-refractivity contribution in [2.75, 3.05) is 13.2 Å². The molecule has 0 unspecified atom stereocenters. The number of aliphatic hydroxyl groups is 2. The molecule has 0 saturated carbocycles. The quantitative estimate of drug-likeness (QED) is 0.715. The lowest BCUT2D eigenvalue weighted by atomic mass is 10.1. The summed E-state index contributed by atoms with van der Waals surface area (Å²) in [5.41, 5.74) is 0.990. The number of halogens is 1. The lowest BCUT2D eigenvalue weighted by Crippen LogP contribution is -2.31. The molecule has 1 aromatic rings. The van der Waals surface area contributed by atoms with E-state index in [4.69, 9.17) is 16.7 Å². The van der Waals surface area contributed by atoms with Crippen LogP contribution in [0.1, 0.15) is 18.5 Å². The molecule has 0 fully saturated rings. The number of aliphatic hydroxyl groups excluding tert-OH is 2. The number of benzene rings is 1. The van der Waals surface area contributed by atoms with E-state index < -0.39 is 6.10 Å². The topological polar surface area (TPSA) is 52.5 Å². The van der Waals surface area contributed by atoms with Crippen LogP contribution >= 0.6 is 11.6 Å². The minimum absolute atomic E-state index is 0.0555. The third-order valence-corrected chi connectivity index (χ3v) is 2.59. The predicted octanol–water partition coefficient (Wildman–Crippen LogP) is 1.34. The Bertz CT molecular complexity index is 306. The van der Waals surface area contributed by atoms with E-state index in [9.17, 15) is 5.11 Å². The number of hydrogen-bond donors (Lipinski definition) is 3. The van der Waals surface area contributed by atoms with Crippen LogP contribution in [0.5, 0.6) is 0 Å². The molecule has 0 aliphatic rings. The summed E-state index contributed by atoms with van der Waals surface area (Å²) in [5, 5.41) is 21.6. The summed E-state index contributed by atoms with van der Waals surface area (Å²) in [6.07, 6.45) is -0.727. The van der Waals surface area contributed by atoms with Crippen molar-refractivity contribution < 1.29 is 10.2 Å². The van der Waals surface area contributed by atoms with Gasteiger partial charge < -0.3 is 15.5 Å². The van der Waals surface area contributed by atoms with E-state index in [1.807, 2.05) is 31.2 Å². The highest BCUT2D eigenvalue weighted by molar-refractivity contribution is 6.31. The summed E-state index contributed by atoms with van der Waals surface area (Å²) in [6, 6.07) is 7.62. The first-order valence-corrected chi connectivity index (χ1v) is 5.29. The summed E-state index contributed by atoms with van der Waals surface area (Å²) in [7, 11) is 0. The zero-order valence-corrected chi connectivity index (χ0v) is 9.41. The van der Waals surface area contributed by atoms with Crippen LogP contribution in [0.4, 0.5) is 0 Å². The van der Waals surface area contributed by atoms with Crippen LogP contribution in [0.25, 0.3) is 0 Å². The molecular weight excluding hydrogens is 214 g/mol. The fourth-order valence-electron chi connectivity index (χ4n) is 1.31. The van der Waals surface area contributed by atoms with Crippen molar-refractivity contribution in [3.8, 4) is 0 Å². The Hall–Kier alpha value is -0.610. The Morgan fingerprint density at radius 3 is 2.67 bits per heavy atom. The average Bonchev–Trinajstić information content (AvgIpc) is 2.26. The van der Waals surface area contributed by atoms with Gasteiger partial charge in [-0.15, -0.1) is 0 Å². The molecule has 2 atom stereocenters. The molecule has 3 nitrogen and oxygen atoms in total. The largest absolute Gasteiger partial charge is 0.394 e. The van der Waals surface area contributed by atoms with Crippen LogP contribution in [0.15, 0.2) is 24.3 Å². The first kappa shape index (κ1) is 12.5. The summed E-state index contributed by atoms with van der Waals surface area (Å²) >= 11 is 6.02. The van der Waals surface area contributed by atoms with E-state index in [0.717, 1.165) is 5.56 Å². The molecule has 0 aliphatic heterocycles. The fourth-order valence-corrected chi connectivity index (χ4v) is 1.61. The van der Waals surface area contributed by atoms with Crippen molar-refractivity contribution in [2.24, 2.45) is 0 Å². The van der Waals surface area contributed by atoms with E-state index >= 15 is 0 Å². The maximum atomic E-state index is 9.18. The van der Waals surface area contributed by atoms with Crippen molar-refractivity contribution in [3.63, 3.8) is 0 Å². The monoisotopic (exact) mass is 229 g/mol. The lowest BCUT2D eigenvalue weighted by Gasteiger charge is -2.17. The molecule has 0 aliphatic carbocycles. The van der Waals surface area contributed by atoms with Crippen molar-refractivity contribution in [1.82, 2.24) is 5.32 Å². The van der Waals surface area contributed by atoms with Crippen molar-refractivity contribution >= 4 is 11.6 Å². The Morgan fingerprint density at radius 1 is 1.40 bits per heavy atom. The summed E-state index contributed by atoms with van der Waals surface area (Å²) < 4.78 is 0. The van der Waals surface area contributed by atoms with Crippen LogP contribution in [0.2, 0.25) is 5.02 Å². The van der Waals surface area contributed by atoms with E-state index in [-0.39, 0.29) is 12.6 Å². The van der Waals surface area contributed by atoms with Crippen LogP contribution in [-0.2, 0) is 0 Å². The smallest absolute Gasteiger partial charge is 0.0895 e. The zero-order valence-electron chi connectivity index (χ0n) is 8.65. The van der Waals surface area contributed by atoms with Crippen LogP contribution in [0.3, 0.4) is 0 Å². The number of nitrogens with one attached hydrogen (secondary N) is 1. The van der Waals surface area contributed by atoms with Gasteiger partial charge in [-0.3, -0.25) is 0 Å². The highest BCUT2D eigenvalue weighted by Crippen LogP contribution is 2.21. The van der Waals surface area contributed by atoms with Gasteiger partial charge in [0.2, 0.25) is 0 Å². The van der Waals surface area contributed by atoms with Gasteiger partial charge in [0.05, 0.1) is 12.7 Å². The second-order valence-corrected chi connectivity index (χ2v) is 3.90. The van der Waals surface area contributed by atoms with Gasteiger partial charge in [0.25, 0.3) is 0 Å². The minimum Gasteiger partial charge on any atom is -0.394 e. The van der Waals surface area contributed by atoms with Gasteiger partial charge in [0.15, 0.2) is 0 Å². The molecule has 4 heteroatoms. The van der Waals surface area contributed by atoms with Crippen molar-refractivity contribution in [1.29, 1.82) is 0 Å². The summed E-state index contributed by atoms with van der Waals surface area (Å²) in [4.78, 5) is 0. The molecule has 1 rings (SSSR count). The molecule has 0 amide bonds. The molecule has 0 saturated heterocycles. The van der Waals surface area contributed by atoms with Crippen LogP contribution < -0.4 is 5.32 Å². The first-order chi connectivity index (χ1) is 7.15. The molecule has 0 heterocycles. The molecule has 0 radical (unpaired) electrons. The molecular formula is C11H16ClNO2. The van der Waals surface area contributed by atoms with Crippen LogP contribution in [-0.4, -0.2) is 29.5 Å². The SMILES string of the molecule is C[C@H](NC[C@H](O)CO)c1ccccc1Cl. The highest BCUT2D eigenvalue weighted by Gasteiger charge is 2.10. The Morgan fingerprint density at radius 2 is 2.07 bits per heavy atom. The van der Waals surface area contributed by atoms with Gasteiger partial charge in [0.1, 0.15) is 0 Å². The van der Waals surface area contributed by atoms with Gasteiger partial charge >= 0.3 is 0 Å². The lowest BCUT2D eigenvalue weighted by molar-refractivity contribution is 0.0924. The second kappa shape index (κ2) is 6.08. The van der Waals surface area contributed by atoms with Crippen molar-refractivity contribution in [2.45, 2.75) is 19.1 Å². The van der Waals surface area contributed by atoms with E-state index in [1.165, 1.54) is 0 Å². The normalized spacial score (nSPS) is 14.9. The fraction of sp³-hybridized carbons (Fsp3) is 0.455. The molecule has 84 valence electrons. The molecule has 0 bridgehead atoms. The molecule has 3 N–H and O–H groups in total. The maximum absolute atomic E-state index is 9.18. The second-order valence-electron chi connectivity index (χ2n) is 3.49. The third kappa shape index (κ3) is 3.80. The Balaban J connectivity index is 2.54. The highest BCUT2D eigenvalue weighted by atomic mass is 35.5. The summed E-state index contributed by atoms with van der Waals surface area (Å²) in [5.74, 6) is 0. The van der Waals surface area contributed by atoms with Gasteiger partial charge in [-0.25, -0.2) is 0 Å².